The molecule has 0 radical (unpaired) electrons. The molecule has 1 saturated carbocycles. The maximum Gasteiger partial charge on any atom is 0.286 e. The molecule has 0 atom stereocenters. The molecule has 4 rings (SSSR count). The predicted octanol–water partition coefficient (Wildman–Crippen LogP) is 2.51. The molecule has 2 aromatic heterocycles. The highest BCUT2D eigenvalue weighted by atomic mass is 35.5. The molecule has 2 aromatic rings. The van der Waals surface area contributed by atoms with Crippen LogP contribution in [0.15, 0.2) is 18.3 Å². The van der Waals surface area contributed by atoms with E-state index >= 15 is 0 Å². The van der Waals surface area contributed by atoms with Gasteiger partial charge in [-0.25, -0.2) is 17.7 Å². The summed E-state index contributed by atoms with van der Waals surface area (Å²) in [7, 11) is -3.57. The summed E-state index contributed by atoms with van der Waals surface area (Å²) in [4.78, 5) is 17.5. The first-order valence-corrected chi connectivity index (χ1v) is 10.1. The Morgan fingerprint density at radius 1 is 1.38 bits per heavy atom. The monoisotopic (exact) mass is 367 g/mol. The minimum absolute atomic E-state index is 0.0741. The van der Waals surface area contributed by atoms with Gasteiger partial charge >= 0.3 is 0 Å². The van der Waals surface area contributed by atoms with Gasteiger partial charge in [-0.2, -0.15) is 0 Å². The highest BCUT2D eigenvalue weighted by molar-refractivity contribution is 7.89. The largest absolute Gasteiger partial charge is 0.294 e. The minimum atomic E-state index is -3.57. The fourth-order valence-corrected chi connectivity index (χ4v) is 6.03. The Morgan fingerprint density at radius 2 is 2.12 bits per heavy atom. The first-order chi connectivity index (χ1) is 11.4. The normalized spacial score (nSPS) is 21.3. The van der Waals surface area contributed by atoms with E-state index in [1.54, 1.807) is 22.7 Å². The van der Waals surface area contributed by atoms with Crippen LogP contribution in [0.5, 0.6) is 0 Å². The highest BCUT2D eigenvalue weighted by Crippen LogP contribution is 2.47. The summed E-state index contributed by atoms with van der Waals surface area (Å²) in [5, 5.41) is 0.469. The number of pyridine rings is 1. The van der Waals surface area contributed by atoms with Gasteiger partial charge in [0.15, 0.2) is 0 Å². The number of aromatic nitrogens is 2. The van der Waals surface area contributed by atoms with Crippen molar-refractivity contribution in [3.8, 4) is 0 Å². The van der Waals surface area contributed by atoms with Gasteiger partial charge in [-0.05, 0) is 31.4 Å². The summed E-state index contributed by atoms with van der Waals surface area (Å²) in [5.74, 6) is -0.421. The molecule has 1 amide bonds. The van der Waals surface area contributed by atoms with Crippen LogP contribution >= 0.6 is 11.6 Å². The summed E-state index contributed by atoms with van der Waals surface area (Å²) >= 11 is 6.05. The smallest absolute Gasteiger partial charge is 0.286 e. The van der Waals surface area contributed by atoms with Gasteiger partial charge in [-0.15, -0.1) is 0 Å². The molecular formula is C16H18ClN3O3S. The van der Waals surface area contributed by atoms with E-state index in [0.29, 0.717) is 28.5 Å². The second-order valence-corrected chi connectivity index (χ2v) is 9.09. The van der Waals surface area contributed by atoms with Crippen LogP contribution in [0.3, 0.4) is 0 Å². The number of fused-ring (bicyclic) bond motifs is 1. The molecule has 1 aliphatic carbocycles. The molecule has 24 heavy (non-hydrogen) atoms. The number of amides is 1. The molecule has 8 heteroatoms. The van der Waals surface area contributed by atoms with E-state index in [9.17, 15) is 13.2 Å². The van der Waals surface area contributed by atoms with E-state index in [1.807, 2.05) is 6.92 Å². The lowest BCUT2D eigenvalue weighted by atomic mass is 9.70. The van der Waals surface area contributed by atoms with Crippen LogP contribution < -0.4 is 0 Å². The summed E-state index contributed by atoms with van der Waals surface area (Å²) in [6, 6.07) is 3.43. The minimum Gasteiger partial charge on any atom is -0.294 e. The Kier molecular flexibility index (Phi) is 3.44. The van der Waals surface area contributed by atoms with Crippen LogP contribution in [0, 0.1) is 5.41 Å². The average Bonchev–Trinajstić information content (AvgIpc) is 3.00. The summed E-state index contributed by atoms with van der Waals surface area (Å²) in [6.45, 7) is 2.18. The van der Waals surface area contributed by atoms with E-state index in [2.05, 4.69) is 4.98 Å². The number of halogens is 1. The molecule has 0 N–H and O–H groups in total. The van der Waals surface area contributed by atoms with E-state index in [1.165, 1.54) is 0 Å². The van der Waals surface area contributed by atoms with E-state index in [4.69, 9.17) is 11.6 Å². The Balaban J connectivity index is 1.82. The van der Waals surface area contributed by atoms with Crippen molar-refractivity contribution in [1.82, 2.24) is 13.7 Å². The lowest BCUT2D eigenvalue weighted by molar-refractivity contribution is 0.0786. The molecule has 6 nitrogen and oxygen atoms in total. The lowest BCUT2D eigenvalue weighted by Gasteiger charge is -2.36. The average molecular weight is 368 g/mol. The summed E-state index contributed by atoms with van der Waals surface area (Å²) < 4.78 is 27.8. The third-order valence-electron chi connectivity index (χ3n) is 5.14. The molecule has 3 heterocycles. The van der Waals surface area contributed by atoms with Crippen molar-refractivity contribution in [2.45, 2.75) is 32.6 Å². The molecule has 2 aliphatic rings. The molecule has 1 aliphatic heterocycles. The Labute approximate surface area is 145 Å². The predicted molar refractivity (Wildman–Crippen MR) is 90.7 cm³/mol. The van der Waals surface area contributed by atoms with Crippen LogP contribution in [0.25, 0.3) is 5.65 Å². The van der Waals surface area contributed by atoms with Crippen molar-refractivity contribution < 1.29 is 13.2 Å². The Morgan fingerprint density at radius 3 is 2.71 bits per heavy atom. The first kappa shape index (κ1) is 15.9. The SMILES string of the molecule is CCc1nc2ccc(Cl)cn2c1C(=O)N1CC2(CCC2)CS1(=O)=O. The quantitative estimate of drug-likeness (QED) is 0.817. The highest BCUT2D eigenvalue weighted by Gasteiger charge is 2.53. The van der Waals surface area contributed by atoms with Gasteiger partial charge in [0.05, 0.1) is 16.5 Å². The molecular weight excluding hydrogens is 350 g/mol. The zero-order valence-corrected chi connectivity index (χ0v) is 14.9. The van der Waals surface area contributed by atoms with Crippen molar-refractivity contribution in [1.29, 1.82) is 0 Å². The van der Waals surface area contributed by atoms with Crippen molar-refractivity contribution in [3.63, 3.8) is 0 Å². The summed E-state index contributed by atoms with van der Waals surface area (Å²) in [5.41, 5.74) is 1.25. The number of carbonyl (C=O) groups excluding carboxylic acids is 1. The number of aryl methyl sites for hydroxylation is 1. The van der Waals surface area contributed by atoms with Crippen molar-refractivity contribution in [3.05, 3.63) is 34.7 Å². The second kappa shape index (κ2) is 5.20. The number of carbonyl (C=O) groups is 1. The van der Waals surface area contributed by atoms with Gasteiger partial charge in [0, 0.05) is 18.2 Å². The van der Waals surface area contributed by atoms with Crippen LogP contribution in [0.1, 0.15) is 42.4 Å². The molecule has 1 spiro atoms. The third-order valence-corrected chi connectivity index (χ3v) is 7.30. The molecule has 0 bridgehead atoms. The van der Waals surface area contributed by atoms with E-state index in [0.717, 1.165) is 23.6 Å². The molecule has 2 fully saturated rings. The van der Waals surface area contributed by atoms with E-state index in [-0.39, 0.29) is 17.7 Å². The Hall–Kier alpha value is -1.60. The fraction of sp³-hybridized carbons (Fsp3) is 0.500. The standard InChI is InChI=1S/C16H18ClN3O3S/c1-2-12-14(19-8-11(17)4-5-13(19)18-12)15(21)20-9-16(6-3-7-16)10-24(20,22)23/h4-5,8H,2-3,6-7,9-10H2,1H3. The number of hydrogen-bond donors (Lipinski definition) is 0. The number of hydrogen-bond acceptors (Lipinski definition) is 4. The van der Waals surface area contributed by atoms with Crippen LogP contribution in [0.2, 0.25) is 5.02 Å². The summed E-state index contributed by atoms with van der Waals surface area (Å²) in [6.07, 6.45) is 4.92. The topological polar surface area (TPSA) is 71.8 Å². The van der Waals surface area contributed by atoms with Gasteiger partial charge in [0.1, 0.15) is 11.3 Å². The maximum absolute atomic E-state index is 13.1. The third kappa shape index (κ3) is 2.25. The first-order valence-electron chi connectivity index (χ1n) is 8.06. The van der Waals surface area contributed by atoms with Gasteiger partial charge < -0.3 is 0 Å². The second-order valence-electron chi connectivity index (χ2n) is 6.76. The van der Waals surface area contributed by atoms with Crippen molar-refractivity contribution in [2.75, 3.05) is 12.3 Å². The molecule has 0 aromatic carbocycles. The van der Waals surface area contributed by atoms with Crippen molar-refractivity contribution in [2.24, 2.45) is 5.41 Å². The van der Waals surface area contributed by atoms with E-state index < -0.39 is 15.9 Å². The number of sulfonamides is 1. The van der Waals surface area contributed by atoms with Crippen LogP contribution in [-0.2, 0) is 16.4 Å². The lowest BCUT2D eigenvalue weighted by Crippen LogP contribution is -2.37. The zero-order valence-electron chi connectivity index (χ0n) is 13.3. The number of nitrogens with zero attached hydrogens (tertiary/aromatic N) is 3. The maximum atomic E-state index is 13.1. The van der Waals surface area contributed by atoms with Crippen LogP contribution in [0.4, 0.5) is 0 Å². The van der Waals surface area contributed by atoms with Crippen LogP contribution in [-0.4, -0.2) is 40.3 Å². The van der Waals surface area contributed by atoms with Gasteiger partial charge in [0.25, 0.3) is 5.91 Å². The fourth-order valence-electron chi connectivity index (χ4n) is 3.75. The van der Waals surface area contributed by atoms with Gasteiger partial charge in [0.2, 0.25) is 10.0 Å². The molecule has 128 valence electrons. The molecule has 1 saturated heterocycles. The molecule has 0 unspecified atom stereocenters. The van der Waals surface area contributed by atoms with Crippen molar-refractivity contribution >= 4 is 33.2 Å². The van der Waals surface area contributed by atoms with Gasteiger partial charge in [-0.3, -0.25) is 9.20 Å². The number of imidazole rings is 1. The number of rotatable bonds is 2. The zero-order chi connectivity index (χ0) is 17.1. The Bertz CT molecular complexity index is 947. The van der Waals surface area contributed by atoms with Gasteiger partial charge in [-0.1, -0.05) is 24.9 Å².